The van der Waals surface area contributed by atoms with E-state index in [0.717, 1.165) is 4.90 Å². The molecule has 0 N–H and O–H groups in total. The van der Waals surface area contributed by atoms with Gasteiger partial charge in [0.05, 0.1) is 5.02 Å². The number of Topliss-reactive ketones (excluding diaryl/α,β-unsaturated/α-hetero) is 1. The van der Waals surface area contributed by atoms with Gasteiger partial charge in [0.25, 0.3) is 0 Å². The van der Waals surface area contributed by atoms with Crippen molar-refractivity contribution in [2.24, 2.45) is 0 Å². The van der Waals surface area contributed by atoms with Crippen molar-refractivity contribution < 1.29 is 4.79 Å². The van der Waals surface area contributed by atoms with Crippen molar-refractivity contribution in [3.8, 4) is 0 Å². The van der Waals surface area contributed by atoms with Gasteiger partial charge in [0.1, 0.15) is 0 Å². The van der Waals surface area contributed by atoms with E-state index in [-0.39, 0.29) is 5.78 Å². The van der Waals surface area contributed by atoms with Crippen molar-refractivity contribution in [1.29, 1.82) is 0 Å². The molecule has 4 heteroatoms. The van der Waals surface area contributed by atoms with Crippen LogP contribution in [0.5, 0.6) is 0 Å². The van der Waals surface area contributed by atoms with Crippen LogP contribution in [0.1, 0.15) is 16.8 Å². The second kappa shape index (κ2) is 5.79. The first-order chi connectivity index (χ1) is 6.69. The van der Waals surface area contributed by atoms with Gasteiger partial charge in [-0.2, -0.15) is 0 Å². The zero-order valence-electron chi connectivity index (χ0n) is 7.72. The lowest BCUT2D eigenvalue weighted by atomic mass is 10.1. The molecule has 14 heavy (non-hydrogen) atoms. The maximum Gasteiger partial charge on any atom is 0.165 e. The summed E-state index contributed by atoms with van der Waals surface area (Å²) >= 11 is 10.8. The van der Waals surface area contributed by atoms with Gasteiger partial charge in [0.2, 0.25) is 0 Å². The van der Waals surface area contributed by atoms with E-state index < -0.39 is 0 Å². The molecular weight excluding hydrogens is 284 g/mol. The number of halogens is 2. The van der Waals surface area contributed by atoms with Crippen LogP contribution in [0.3, 0.4) is 0 Å². The lowest BCUT2D eigenvalue weighted by Crippen LogP contribution is -2.00. The van der Waals surface area contributed by atoms with E-state index in [0.29, 0.717) is 22.3 Å². The highest BCUT2D eigenvalue weighted by Gasteiger charge is 2.09. The van der Waals surface area contributed by atoms with E-state index in [1.165, 1.54) is 0 Å². The van der Waals surface area contributed by atoms with Crippen molar-refractivity contribution in [2.45, 2.75) is 11.3 Å². The molecule has 0 spiro atoms. The number of carbonyl (C=O) groups is 1. The van der Waals surface area contributed by atoms with Gasteiger partial charge in [-0.05, 0) is 24.5 Å². The molecule has 0 unspecified atom stereocenters. The lowest BCUT2D eigenvalue weighted by Gasteiger charge is -2.03. The summed E-state index contributed by atoms with van der Waals surface area (Å²) in [5, 5.41) is 1.22. The van der Waals surface area contributed by atoms with Crippen molar-refractivity contribution in [1.82, 2.24) is 0 Å². The number of benzene rings is 1. The minimum Gasteiger partial charge on any atom is -0.294 e. The van der Waals surface area contributed by atoms with E-state index >= 15 is 0 Å². The molecule has 0 fully saturated rings. The molecule has 0 atom stereocenters. The lowest BCUT2D eigenvalue weighted by molar-refractivity contribution is 0.0990. The summed E-state index contributed by atoms with van der Waals surface area (Å²) in [4.78, 5) is 12.6. The number of thioether (sulfide) groups is 1. The molecule has 0 bridgehead atoms. The highest BCUT2D eigenvalue weighted by molar-refractivity contribution is 9.09. The van der Waals surface area contributed by atoms with Gasteiger partial charge in [-0.3, -0.25) is 4.79 Å². The smallest absolute Gasteiger partial charge is 0.165 e. The number of carbonyl (C=O) groups excluding carboxylic acids is 1. The van der Waals surface area contributed by atoms with Crippen LogP contribution in [0, 0.1) is 0 Å². The Morgan fingerprint density at radius 2 is 2.29 bits per heavy atom. The number of hydrogen-bond acceptors (Lipinski definition) is 2. The quantitative estimate of drug-likeness (QED) is 0.474. The Labute approximate surface area is 101 Å². The van der Waals surface area contributed by atoms with Crippen LogP contribution in [-0.2, 0) is 0 Å². The van der Waals surface area contributed by atoms with Crippen molar-refractivity contribution >= 4 is 45.1 Å². The fourth-order valence-corrected chi connectivity index (χ4v) is 2.22. The van der Waals surface area contributed by atoms with Crippen LogP contribution in [-0.4, -0.2) is 17.4 Å². The van der Waals surface area contributed by atoms with Crippen molar-refractivity contribution in [2.75, 3.05) is 11.6 Å². The summed E-state index contributed by atoms with van der Waals surface area (Å²) in [7, 11) is 0. The first-order valence-corrected chi connectivity index (χ1v) is 6.84. The van der Waals surface area contributed by atoms with Gasteiger partial charge < -0.3 is 0 Å². The number of rotatable bonds is 4. The summed E-state index contributed by atoms with van der Waals surface area (Å²) in [6.07, 6.45) is 2.46. The molecule has 0 aliphatic rings. The molecule has 0 aromatic heterocycles. The van der Waals surface area contributed by atoms with E-state index in [9.17, 15) is 4.79 Å². The first-order valence-electron chi connectivity index (χ1n) is 4.11. The summed E-state index contributed by atoms with van der Waals surface area (Å²) in [5.74, 6) is 0.0829. The molecule has 0 amide bonds. The SMILES string of the molecule is CSc1ccc(C(=O)CCBr)c(Cl)c1. The predicted molar refractivity (Wildman–Crippen MR) is 66.0 cm³/mol. The second-order valence-corrected chi connectivity index (χ2v) is 4.79. The third kappa shape index (κ3) is 3.01. The summed E-state index contributed by atoms with van der Waals surface area (Å²) in [5.41, 5.74) is 0.615. The summed E-state index contributed by atoms with van der Waals surface area (Å²) < 4.78 is 0. The summed E-state index contributed by atoms with van der Waals surface area (Å²) in [6.45, 7) is 0. The van der Waals surface area contributed by atoms with Gasteiger partial charge in [-0.1, -0.05) is 27.5 Å². The molecule has 76 valence electrons. The number of alkyl halides is 1. The van der Waals surface area contributed by atoms with Crippen LogP contribution < -0.4 is 0 Å². The highest BCUT2D eigenvalue weighted by Crippen LogP contribution is 2.24. The molecule has 0 saturated carbocycles. The molecule has 0 heterocycles. The maximum absolute atomic E-state index is 11.5. The minimum absolute atomic E-state index is 0.0829. The Morgan fingerprint density at radius 1 is 1.57 bits per heavy atom. The Morgan fingerprint density at radius 3 is 2.79 bits per heavy atom. The van der Waals surface area contributed by atoms with E-state index in [2.05, 4.69) is 15.9 Å². The van der Waals surface area contributed by atoms with Crippen LogP contribution in [0.4, 0.5) is 0 Å². The van der Waals surface area contributed by atoms with E-state index in [1.54, 1.807) is 17.8 Å². The van der Waals surface area contributed by atoms with Crippen LogP contribution >= 0.6 is 39.3 Å². The van der Waals surface area contributed by atoms with Gasteiger partial charge in [0.15, 0.2) is 5.78 Å². The number of ketones is 1. The first kappa shape index (κ1) is 12.1. The van der Waals surface area contributed by atoms with Gasteiger partial charge in [0, 0.05) is 22.2 Å². The molecule has 0 radical (unpaired) electrons. The average Bonchev–Trinajstić information content (AvgIpc) is 2.17. The van der Waals surface area contributed by atoms with Crippen LogP contribution in [0.25, 0.3) is 0 Å². The fraction of sp³-hybridized carbons (Fsp3) is 0.300. The molecular formula is C10H10BrClOS. The predicted octanol–water partition coefficient (Wildman–Crippen LogP) is 4.03. The Hall–Kier alpha value is 0.01000. The molecule has 0 saturated heterocycles. The third-order valence-corrected chi connectivity index (χ3v) is 3.23. The molecule has 0 aliphatic carbocycles. The fourth-order valence-electron chi connectivity index (χ4n) is 1.07. The monoisotopic (exact) mass is 292 g/mol. The molecule has 1 rings (SSSR count). The van der Waals surface area contributed by atoms with E-state index in [4.69, 9.17) is 11.6 Å². The summed E-state index contributed by atoms with van der Waals surface area (Å²) in [6, 6.07) is 5.53. The van der Waals surface area contributed by atoms with Crippen molar-refractivity contribution in [3.63, 3.8) is 0 Å². The van der Waals surface area contributed by atoms with E-state index in [1.807, 2.05) is 18.4 Å². The van der Waals surface area contributed by atoms with Crippen LogP contribution in [0.15, 0.2) is 23.1 Å². The standard InChI is InChI=1S/C10H10BrClOS/c1-14-7-2-3-8(9(12)6-7)10(13)4-5-11/h2-3,6H,4-5H2,1H3. The average molecular weight is 294 g/mol. The molecule has 1 nitrogen and oxygen atoms in total. The normalized spacial score (nSPS) is 10.2. The topological polar surface area (TPSA) is 17.1 Å². The van der Waals surface area contributed by atoms with Crippen LogP contribution in [0.2, 0.25) is 5.02 Å². The van der Waals surface area contributed by atoms with Gasteiger partial charge in [-0.15, -0.1) is 11.8 Å². The minimum atomic E-state index is 0.0829. The maximum atomic E-state index is 11.5. The Bertz CT molecular complexity index is 341. The van der Waals surface area contributed by atoms with Crippen molar-refractivity contribution in [3.05, 3.63) is 28.8 Å². The molecule has 0 aliphatic heterocycles. The largest absolute Gasteiger partial charge is 0.294 e. The highest BCUT2D eigenvalue weighted by atomic mass is 79.9. The van der Waals surface area contributed by atoms with Gasteiger partial charge in [-0.25, -0.2) is 0 Å². The zero-order valence-corrected chi connectivity index (χ0v) is 10.9. The number of hydrogen-bond donors (Lipinski definition) is 0. The molecule has 1 aromatic carbocycles. The molecule has 1 aromatic rings. The third-order valence-electron chi connectivity index (χ3n) is 1.80. The zero-order chi connectivity index (χ0) is 10.6. The Kier molecular flexibility index (Phi) is 4.99. The second-order valence-electron chi connectivity index (χ2n) is 2.71. The van der Waals surface area contributed by atoms with Gasteiger partial charge >= 0.3 is 0 Å². The Balaban J connectivity index is 2.94.